The smallest absolute Gasteiger partial charge is 0.152 e. The van der Waals surface area contributed by atoms with Crippen molar-refractivity contribution in [3.63, 3.8) is 0 Å². The first-order chi connectivity index (χ1) is 9.63. The normalized spacial score (nSPS) is 27.8. The van der Waals surface area contributed by atoms with Gasteiger partial charge in [0.1, 0.15) is 5.82 Å². The third-order valence-electron chi connectivity index (χ3n) is 4.70. The van der Waals surface area contributed by atoms with Crippen LogP contribution in [0.5, 0.6) is 0 Å². The number of piperidine rings is 1. The molecule has 0 amide bonds. The molecular weight excluding hydrogens is 250 g/mol. The van der Waals surface area contributed by atoms with Gasteiger partial charge in [-0.1, -0.05) is 6.42 Å². The molecule has 1 fully saturated rings. The van der Waals surface area contributed by atoms with Gasteiger partial charge in [-0.05, 0) is 39.7 Å². The molecular formula is C15H27N5. The van der Waals surface area contributed by atoms with Gasteiger partial charge in [0.2, 0.25) is 0 Å². The first-order valence-corrected chi connectivity index (χ1v) is 8.07. The first kappa shape index (κ1) is 14.0. The minimum absolute atomic E-state index is 0.265. The molecule has 5 nitrogen and oxygen atoms in total. The molecule has 2 aliphatic heterocycles. The molecule has 1 aromatic heterocycles. The lowest BCUT2D eigenvalue weighted by Crippen LogP contribution is -2.45. The lowest BCUT2D eigenvalue weighted by molar-refractivity contribution is 0.110. The van der Waals surface area contributed by atoms with Gasteiger partial charge < -0.3 is 5.73 Å². The molecule has 0 saturated carbocycles. The van der Waals surface area contributed by atoms with E-state index in [0.717, 1.165) is 37.5 Å². The van der Waals surface area contributed by atoms with E-state index in [1.807, 2.05) is 0 Å². The highest BCUT2D eigenvalue weighted by Gasteiger charge is 2.27. The highest BCUT2D eigenvalue weighted by atomic mass is 15.4. The van der Waals surface area contributed by atoms with Crippen molar-refractivity contribution < 1.29 is 0 Å². The predicted molar refractivity (Wildman–Crippen MR) is 79.5 cm³/mol. The minimum Gasteiger partial charge on any atom is -0.327 e. The topological polar surface area (TPSA) is 60.0 Å². The second-order valence-corrected chi connectivity index (χ2v) is 6.61. The Morgan fingerprint density at radius 3 is 2.90 bits per heavy atom. The molecule has 2 N–H and O–H groups in total. The molecule has 0 aliphatic carbocycles. The Bertz CT molecular complexity index is 453. The van der Waals surface area contributed by atoms with Gasteiger partial charge in [-0.3, -0.25) is 4.90 Å². The van der Waals surface area contributed by atoms with Crippen molar-refractivity contribution in [1.29, 1.82) is 0 Å². The molecule has 0 bridgehead atoms. The van der Waals surface area contributed by atoms with E-state index in [4.69, 9.17) is 15.8 Å². The Hall–Kier alpha value is -0.940. The maximum atomic E-state index is 6.02. The number of aryl methyl sites for hydroxylation is 1. The standard InChI is InChI=1S/C15H27N5/c1-11(2)19-7-4-3-5-13(19)10-14-17-15-9-12(16)6-8-20(15)18-14/h11-13H,3-10,16H2,1-2H3. The summed E-state index contributed by atoms with van der Waals surface area (Å²) in [5.41, 5.74) is 6.02. The Morgan fingerprint density at radius 2 is 2.10 bits per heavy atom. The summed E-state index contributed by atoms with van der Waals surface area (Å²) in [5.74, 6) is 2.11. The number of hydrogen-bond donors (Lipinski definition) is 1. The van der Waals surface area contributed by atoms with Crippen molar-refractivity contribution in [2.75, 3.05) is 6.54 Å². The van der Waals surface area contributed by atoms with E-state index in [1.165, 1.54) is 25.8 Å². The highest BCUT2D eigenvalue weighted by molar-refractivity contribution is 5.01. The SMILES string of the molecule is CC(C)N1CCCCC1Cc1nc2n(n1)CCC(N)C2. The van der Waals surface area contributed by atoms with Crippen molar-refractivity contribution in [2.24, 2.45) is 5.73 Å². The Morgan fingerprint density at radius 1 is 1.25 bits per heavy atom. The molecule has 0 aromatic carbocycles. The highest BCUT2D eigenvalue weighted by Crippen LogP contribution is 2.22. The molecule has 5 heteroatoms. The van der Waals surface area contributed by atoms with Gasteiger partial charge in [0.25, 0.3) is 0 Å². The average molecular weight is 277 g/mol. The van der Waals surface area contributed by atoms with Crippen LogP contribution < -0.4 is 5.73 Å². The summed E-state index contributed by atoms with van der Waals surface area (Å²) < 4.78 is 2.07. The summed E-state index contributed by atoms with van der Waals surface area (Å²) >= 11 is 0. The van der Waals surface area contributed by atoms with E-state index >= 15 is 0 Å². The lowest BCUT2D eigenvalue weighted by Gasteiger charge is -2.38. The summed E-state index contributed by atoms with van der Waals surface area (Å²) in [6.07, 6.45) is 6.85. The van der Waals surface area contributed by atoms with Crippen LogP contribution in [0.2, 0.25) is 0 Å². The number of hydrogen-bond acceptors (Lipinski definition) is 4. The zero-order chi connectivity index (χ0) is 14.1. The fraction of sp³-hybridized carbons (Fsp3) is 0.867. The van der Waals surface area contributed by atoms with E-state index in [0.29, 0.717) is 12.1 Å². The van der Waals surface area contributed by atoms with Gasteiger partial charge in [-0.15, -0.1) is 0 Å². The largest absolute Gasteiger partial charge is 0.327 e. The van der Waals surface area contributed by atoms with Crippen molar-refractivity contribution >= 4 is 0 Å². The van der Waals surface area contributed by atoms with E-state index < -0.39 is 0 Å². The van der Waals surface area contributed by atoms with Gasteiger partial charge in [-0.25, -0.2) is 9.67 Å². The Kier molecular flexibility index (Phi) is 4.08. The van der Waals surface area contributed by atoms with Crippen LogP contribution in [0.25, 0.3) is 0 Å². The van der Waals surface area contributed by atoms with Crippen LogP contribution in [-0.4, -0.2) is 44.3 Å². The molecule has 0 spiro atoms. The number of aromatic nitrogens is 3. The third kappa shape index (κ3) is 2.88. The van der Waals surface area contributed by atoms with Crippen molar-refractivity contribution in [2.45, 2.75) is 77.0 Å². The summed E-state index contributed by atoms with van der Waals surface area (Å²) in [6.45, 7) is 6.74. The quantitative estimate of drug-likeness (QED) is 0.906. The van der Waals surface area contributed by atoms with Crippen molar-refractivity contribution in [1.82, 2.24) is 19.7 Å². The maximum Gasteiger partial charge on any atom is 0.152 e. The number of nitrogens with zero attached hydrogens (tertiary/aromatic N) is 4. The van der Waals surface area contributed by atoms with Crippen LogP contribution >= 0.6 is 0 Å². The van der Waals surface area contributed by atoms with Gasteiger partial charge in [0.05, 0.1) is 0 Å². The zero-order valence-corrected chi connectivity index (χ0v) is 12.8. The van der Waals surface area contributed by atoms with E-state index in [9.17, 15) is 0 Å². The average Bonchev–Trinajstić information content (AvgIpc) is 2.80. The molecule has 3 rings (SSSR count). The zero-order valence-electron chi connectivity index (χ0n) is 12.8. The number of rotatable bonds is 3. The van der Waals surface area contributed by atoms with E-state index in [2.05, 4.69) is 23.4 Å². The Balaban J connectivity index is 1.70. The summed E-state index contributed by atoms with van der Waals surface area (Å²) in [6, 6.07) is 1.49. The maximum absolute atomic E-state index is 6.02. The van der Waals surface area contributed by atoms with E-state index in [1.54, 1.807) is 0 Å². The van der Waals surface area contributed by atoms with Gasteiger partial charge >= 0.3 is 0 Å². The predicted octanol–water partition coefficient (Wildman–Crippen LogP) is 1.36. The second kappa shape index (κ2) is 5.82. The molecule has 0 radical (unpaired) electrons. The lowest BCUT2D eigenvalue weighted by atomic mass is 9.97. The van der Waals surface area contributed by atoms with Crippen LogP contribution in [0.15, 0.2) is 0 Å². The third-order valence-corrected chi connectivity index (χ3v) is 4.70. The fourth-order valence-electron chi connectivity index (χ4n) is 3.60. The molecule has 2 atom stereocenters. The van der Waals surface area contributed by atoms with Crippen molar-refractivity contribution in [3.05, 3.63) is 11.6 Å². The molecule has 2 aliphatic rings. The number of likely N-dealkylation sites (tertiary alicyclic amines) is 1. The molecule has 20 heavy (non-hydrogen) atoms. The van der Waals surface area contributed by atoms with Gasteiger partial charge in [0, 0.05) is 37.5 Å². The van der Waals surface area contributed by atoms with E-state index in [-0.39, 0.29) is 6.04 Å². The monoisotopic (exact) mass is 277 g/mol. The number of nitrogens with two attached hydrogens (primary N) is 1. The summed E-state index contributed by atoms with van der Waals surface area (Å²) in [4.78, 5) is 7.35. The second-order valence-electron chi connectivity index (χ2n) is 6.61. The molecule has 2 unspecified atom stereocenters. The molecule has 1 aromatic rings. The molecule has 3 heterocycles. The summed E-state index contributed by atoms with van der Waals surface area (Å²) in [5, 5.41) is 4.70. The minimum atomic E-state index is 0.265. The van der Waals surface area contributed by atoms with Crippen LogP contribution in [-0.2, 0) is 19.4 Å². The Labute approximate surface area is 121 Å². The van der Waals surface area contributed by atoms with Crippen LogP contribution in [0, 0.1) is 0 Å². The molecule has 1 saturated heterocycles. The van der Waals surface area contributed by atoms with Gasteiger partial charge in [-0.2, -0.15) is 5.10 Å². The van der Waals surface area contributed by atoms with Crippen molar-refractivity contribution in [3.8, 4) is 0 Å². The van der Waals surface area contributed by atoms with Crippen LogP contribution in [0.3, 0.4) is 0 Å². The summed E-state index contributed by atoms with van der Waals surface area (Å²) in [7, 11) is 0. The number of fused-ring (bicyclic) bond motifs is 1. The van der Waals surface area contributed by atoms with Crippen LogP contribution in [0.4, 0.5) is 0 Å². The van der Waals surface area contributed by atoms with Gasteiger partial charge in [0.15, 0.2) is 5.82 Å². The molecule has 112 valence electrons. The fourth-order valence-corrected chi connectivity index (χ4v) is 3.60. The first-order valence-electron chi connectivity index (χ1n) is 8.07. The van der Waals surface area contributed by atoms with Crippen LogP contribution in [0.1, 0.15) is 51.2 Å².